The number of nitrogens with one attached hydrogen (secondary N) is 2. The number of aryl methyl sites for hydroxylation is 2. The van der Waals surface area contributed by atoms with E-state index in [2.05, 4.69) is 36.4 Å². The number of nitrogens with zero attached hydrogens (tertiary/aromatic N) is 4. The fraction of sp³-hybridized carbons (Fsp3) is 0.579. The van der Waals surface area contributed by atoms with Crippen molar-refractivity contribution in [2.24, 2.45) is 10.9 Å². The zero-order valence-corrected chi connectivity index (χ0v) is 19.1. The van der Waals surface area contributed by atoms with Crippen molar-refractivity contribution < 1.29 is 8.42 Å². The van der Waals surface area contributed by atoms with E-state index in [-0.39, 0.29) is 0 Å². The molecule has 0 radical (unpaired) electrons. The van der Waals surface area contributed by atoms with Crippen molar-refractivity contribution in [3.63, 3.8) is 0 Å². The monoisotopic (exact) mass is 438 g/mol. The summed E-state index contributed by atoms with van der Waals surface area (Å²) in [5.41, 5.74) is 0. The Morgan fingerprint density at radius 3 is 2.79 bits per heavy atom. The maximum Gasteiger partial charge on any atom is 0.241 e. The largest absolute Gasteiger partial charge is 0.355 e. The Labute approximate surface area is 177 Å². The number of aliphatic imine (C=N–C) groups is 1. The molecule has 2 N–H and O–H groups in total. The molecule has 1 aliphatic heterocycles. The molecule has 29 heavy (non-hydrogen) atoms. The third-order valence-electron chi connectivity index (χ3n) is 5.32. The first-order chi connectivity index (χ1) is 13.8. The third kappa shape index (κ3) is 5.18. The number of aromatic nitrogens is 2. The van der Waals surface area contributed by atoms with Crippen LogP contribution in [0.5, 0.6) is 0 Å². The van der Waals surface area contributed by atoms with Crippen LogP contribution in [-0.2, 0) is 10.0 Å². The Balaban J connectivity index is 1.53. The van der Waals surface area contributed by atoms with Crippen molar-refractivity contribution in [3.8, 4) is 0 Å². The molecule has 10 heteroatoms. The molecule has 2 atom stereocenters. The predicted octanol–water partition coefficient (Wildman–Crippen LogP) is 2.00. The van der Waals surface area contributed by atoms with Crippen molar-refractivity contribution >= 4 is 27.3 Å². The Morgan fingerprint density at radius 2 is 2.17 bits per heavy atom. The van der Waals surface area contributed by atoms with Gasteiger partial charge in [-0.1, -0.05) is 6.92 Å². The molecule has 0 aromatic carbocycles. The smallest absolute Gasteiger partial charge is 0.241 e. The zero-order chi connectivity index (χ0) is 21.0. The second-order valence-electron chi connectivity index (χ2n) is 7.44. The molecule has 0 amide bonds. The van der Waals surface area contributed by atoms with E-state index < -0.39 is 10.0 Å². The highest BCUT2D eigenvalue weighted by molar-refractivity contribution is 7.89. The molecular formula is C19H30N6O2S2. The number of sulfonamides is 1. The minimum absolute atomic E-state index is 0.297. The predicted molar refractivity (Wildman–Crippen MR) is 117 cm³/mol. The fourth-order valence-corrected chi connectivity index (χ4v) is 6.32. The first-order valence-electron chi connectivity index (χ1n) is 9.81. The normalized spacial score (nSPS) is 20.8. The average molecular weight is 439 g/mol. The summed E-state index contributed by atoms with van der Waals surface area (Å²) in [6, 6.07) is 2.06. The van der Waals surface area contributed by atoms with Gasteiger partial charge in [0.1, 0.15) is 0 Å². The van der Waals surface area contributed by atoms with E-state index in [1.807, 2.05) is 32.6 Å². The van der Waals surface area contributed by atoms with Gasteiger partial charge in [-0.3, -0.25) is 4.99 Å². The molecule has 2 aromatic heterocycles. The van der Waals surface area contributed by atoms with Crippen LogP contribution < -0.4 is 10.0 Å². The van der Waals surface area contributed by atoms with Crippen LogP contribution in [0.25, 0.3) is 0 Å². The van der Waals surface area contributed by atoms with E-state index in [9.17, 15) is 8.42 Å². The molecule has 8 nitrogen and oxygen atoms in total. The number of hydrogen-bond donors (Lipinski definition) is 2. The molecule has 1 fully saturated rings. The highest BCUT2D eigenvalue weighted by atomic mass is 32.2. The maximum atomic E-state index is 12.5. The molecule has 1 saturated heterocycles. The molecule has 160 valence electrons. The van der Waals surface area contributed by atoms with E-state index in [0.29, 0.717) is 29.9 Å². The van der Waals surface area contributed by atoms with Gasteiger partial charge in [0.2, 0.25) is 10.0 Å². The van der Waals surface area contributed by atoms with Gasteiger partial charge in [-0.25, -0.2) is 18.1 Å². The van der Waals surface area contributed by atoms with E-state index in [0.717, 1.165) is 35.2 Å². The lowest BCUT2D eigenvalue weighted by molar-refractivity contribution is 0.189. The van der Waals surface area contributed by atoms with E-state index in [1.165, 1.54) is 11.3 Å². The number of likely N-dealkylation sites (tertiary alicyclic amines) is 1. The molecule has 2 unspecified atom stereocenters. The highest BCUT2D eigenvalue weighted by Gasteiger charge is 2.28. The van der Waals surface area contributed by atoms with Crippen LogP contribution in [0.3, 0.4) is 0 Å². The number of thiophene rings is 1. The van der Waals surface area contributed by atoms with Crippen molar-refractivity contribution in [1.82, 2.24) is 24.5 Å². The van der Waals surface area contributed by atoms with Gasteiger partial charge in [-0.2, -0.15) is 0 Å². The van der Waals surface area contributed by atoms with E-state index in [1.54, 1.807) is 13.1 Å². The summed E-state index contributed by atoms with van der Waals surface area (Å²) in [5.74, 6) is 1.35. The lowest BCUT2D eigenvalue weighted by atomic mass is 9.93. The fourth-order valence-electron chi connectivity index (χ4n) is 3.74. The third-order valence-corrected chi connectivity index (χ3v) is 8.01. The Hall–Kier alpha value is -1.91. The minimum atomic E-state index is -3.49. The molecule has 1 aliphatic rings. The molecular weight excluding hydrogens is 408 g/mol. The quantitative estimate of drug-likeness (QED) is 0.409. The number of imidazole rings is 1. The summed E-state index contributed by atoms with van der Waals surface area (Å²) < 4.78 is 29.9. The summed E-state index contributed by atoms with van der Waals surface area (Å²) >= 11 is 1.49. The number of hydrogen-bond acceptors (Lipinski definition) is 5. The van der Waals surface area contributed by atoms with Crippen molar-refractivity contribution in [2.45, 2.75) is 38.1 Å². The molecule has 0 bridgehead atoms. The molecule has 0 saturated carbocycles. The van der Waals surface area contributed by atoms with Crippen LogP contribution >= 0.6 is 11.3 Å². The summed E-state index contributed by atoms with van der Waals surface area (Å²) in [7, 11) is -1.73. The second-order valence-corrected chi connectivity index (χ2v) is 10.6. The van der Waals surface area contributed by atoms with Crippen molar-refractivity contribution in [3.05, 3.63) is 34.5 Å². The standard InChI is InChI=1S/C19H30N6O2S2/c1-14-5-9-24(12-17(14)25-10-8-21-13-25)19(20-4)22-6-7-23-29(26,27)18-11-15(2)28-16(18)3/h8,10-11,13-14,17,23H,5-7,9,12H2,1-4H3,(H,20,22). The lowest BCUT2D eigenvalue weighted by Crippen LogP contribution is -2.50. The number of guanidine groups is 1. The maximum absolute atomic E-state index is 12.5. The van der Waals surface area contributed by atoms with Crippen LogP contribution in [0.2, 0.25) is 0 Å². The van der Waals surface area contributed by atoms with Crippen LogP contribution in [0.4, 0.5) is 0 Å². The summed E-state index contributed by atoms with van der Waals surface area (Å²) in [5, 5.41) is 3.29. The average Bonchev–Trinajstić information content (AvgIpc) is 3.32. The molecule has 3 heterocycles. The summed E-state index contributed by atoms with van der Waals surface area (Å²) in [6.45, 7) is 8.54. The summed E-state index contributed by atoms with van der Waals surface area (Å²) in [4.78, 5) is 13.0. The Kier molecular flexibility index (Phi) is 6.97. The first-order valence-corrected chi connectivity index (χ1v) is 12.1. The van der Waals surface area contributed by atoms with Crippen LogP contribution in [0.1, 0.15) is 29.1 Å². The summed E-state index contributed by atoms with van der Waals surface area (Å²) in [6.07, 6.45) is 6.74. The number of piperidine rings is 1. The SMILES string of the molecule is CN=C(NCCNS(=O)(=O)c1cc(C)sc1C)N1CCC(C)C(n2ccnc2)C1. The molecule has 2 aromatic rings. The van der Waals surface area contributed by atoms with Gasteiger partial charge in [0.05, 0.1) is 17.3 Å². The second kappa shape index (κ2) is 9.27. The topological polar surface area (TPSA) is 91.6 Å². The zero-order valence-electron chi connectivity index (χ0n) is 17.4. The highest BCUT2D eigenvalue weighted by Crippen LogP contribution is 2.27. The van der Waals surface area contributed by atoms with Crippen LogP contribution in [0.15, 0.2) is 34.7 Å². The minimum Gasteiger partial charge on any atom is -0.355 e. The van der Waals surface area contributed by atoms with E-state index in [4.69, 9.17) is 0 Å². The van der Waals surface area contributed by atoms with Gasteiger partial charge in [0.15, 0.2) is 5.96 Å². The molecule has 0 spiro atoms. The van der Waals surface area contributed by atoms with Gasteiger partial charge in [-0.05, 0) is 32.3 Å². The van der Waals surface area contributed by atoms with Gasteiger partial charge >= 0.3 is 0 Å². The van der Waals surface area contributed by atoms with Gasteiger partial charge < -0.3 is 14.8 Å². The number of rotatable bonds is 6. The first kappa shape index (κ1) is 21.8. The van der Waals surface area contributed by atoms with Gasteiger partial charge in [0.25, 0.3) is 0 Å². The van der Waals surface area contributed by atoms with Crippen LogP contribution in [-0.4, -0.2) is 62.1 Å². The van der Waals surface area contributed by atoms with Crippen molar-refractivity contribution in [2.75, 3.05) is 33.2 Å². The Bertz CT molecular complexity index is 936. The van der Waals surface area contributed by atoms with Gasteiger partial charge in [0, 0.05) is 55.4 Å². The van der Waals surface area contributed by atoms with Crippen LogP contribution in [0, 0.1) is 19.8 Å². The van der Waals surface area contributed by atoms with Crippen molar-refractivity contribution in [1.29, 1.82) is 0 Å². The lowest BCUT2D eigenvalue weighted by Gasteiger charge is -2.39. The Morgan fingerprint density at radius 1 is 1.38 bits per heavy atom. The van der Waals surface area contributed by atoms with Gasteiger partial charge in [-0.15, -0.1) is 11.3 Å². The molecule has 0 aliphatic carbocycles. The molecule has 3 rings (SSSR count). The van der Waals surface area contributed by atoms with E-state index >= 15 is 0 Å².